The zero-order valence-electron chi connectivity index (χ0n) is 12.1. The van der Waals surface area contributed by atoms with Crippen LogP contribution in [-0.4, -0.2) is 34.6 Å². The van der Waals surface area contributed by atoms with E-state index in [-0.39, 0.29) is 0 Å². The molecule has 1 unspecified atom stereocenters. The van der Waals surface area contributed by atoms with Gasteiger partial charge in [-0.2, -0.15) is 0 Å². The summed E-state index contributed by atoms with van der Waals surface area (Å²) in [6.07, 6.45) is 4.53. The van der Waals surface area contributed by atoms with Crippen LogP contribution >= 0.6 is 11.3 Å². The molecule has 1 aliphatic rings. The van der Waals surface area contributed by atoms with E-state index in [1.54, 1.807) is 23.9 Å². The van der Waals surface area contributed by atoms with E-state index in [0.29, 0.717) is 18.4 Å². The molecule has 0 radical (unpaired) electrons. The van der Waals surface area contributed by atoms with E-state index >= 15 is 0 Å². The second kappa shape index (κ2) is 5.88. The minimum absolute atomic E-state index is 0.505. The topological polar surface area (TPSA) is 51.1 Å². The Hall–Kier alpha value is -2.21. The van der Waals surface area contributed by atoms with Gasteiger partial charge in [-0.1, -0.05) is 6.07 Å². The number of rotatable bonds is 4. The Morgan fingerprint density at radius 1 is 1.23 bits per heavy atom. The number of hydrogen-bond donors (Lipinski definition) is 0. The number of nitrogens with zero attached hydrogens (tertiary/aromatic N) is 4. The lowest BCUT2D eigenvalue weighted by atomic mass is 10.1. The van der Waals surface area contributed by atoms with Gasteiger partial charge in [-0.25, -0.2) is 15.0 Å². The molecule has 1 saturated heterocycles. The summed E-state index contributed by atoms with van der Waals surface area (Å²) >= 11 is 1.66. The first-order valence-corrected chi connectivity index (χ1v) is 8.25. The van der Waals surface area contributed by atoms with E-state index in [9.17, 15) is 0 Å². The lowest BCUT2D eigenvalue weighted by molar-refractivity contribution is 0.252. The van der Waals surface area contributed by atoms with Gasteiger partial charge in [0.05, 0.1) is 12.0 Å². The van der Waals surface area contributed by atoms with Gasteiger partial charge in [0.25, 0.3) is 0 Å². The minimum Gasteiger partial charge on any atom is -0.477 e. The first-order valence-electron chi connectivity index (χ1n) is 7.37. The van der Waals surface area contributed by atoms with Crippen molar-refractivity contribution in [3.8, 4) is 5.88 Å². The average Bonchev–Trinajstić information content (AvgIpc) is 3.22. The first kappa shape index (κ1) is 13.5. The number of fused-ring (bicyclic) bond motifs is 1. The van der Waals surface area contributed by atoms with Gasteiger partial charge in [0.2, 0.25) is 5.88 Å². The van der Waals surface area contributed by atoms with Crippen LogP contribution in [0, 0.1) is 5.92 Å². The van der Waals surface area contributed by atoms with Gasteiger partial charge in [-0.15, -0.1) is 11.3 Å². The molecule has 3 aromatic rings. The largest absolute Gasteiger partial charge is 0.477 e. The molecule has 22 heavy (non-hydrogen) atoms. The number of anilines is 1. The van der Waals surface area contributed by atoms with Crippen molar-refractivity contribution in [3.63, 3.8) is 0 Å². The molecule has 1 fully saturated rings. The Kier molecular flexibility index (Phi) is 3.60. The molecule has 0 amide bonds. The van der Waals surface area contributed by atoms with Crippen LogP contribution in [0.15, 0.2) is 42.2 Å². The third-order valence-electron chi connectivity index (χ3n) is 3.93. The van der Waals surface area contributed by atoms with Crippen LogP contribution in [0.25, 0.3) is 10.2 Å². The van der Waals surface area contributed by atoms with Gasteiger partial charge >= 0.3 is 0 Å². The molecule has 6 heteroatoms. The summed E-state index contributed by atoms with van der Waals surface area (Å²) in [6.45, 7) is 2.68. The van der Waals surface area contributed by atoms with Crippen molar-refractivity contribution in [2.75, 3.05) is 24.6 Å². The van der Waals surface area contributed by atoms with Crippen LogP contribution in [0.2, 0.25) is 0 Å². The summed E-state index contributed by atoms with van der Waals surface area (Å²) in [7, 11) is 0. The maximum Gasteiger partial charge on any atom is 0.213 e. The van der Waals surface area contributed by atoms with Crippen LogP contribution in [0.5, 0.6) is 5.88 Å². The van der Waals surface area contributed by atoms with Gasteiger partial charge in [-0.3, -0.25) is 0 Å². The van der Waals surface area contributed by atoms with Crippen molar-refractivity contribution in [2.24, 2.45) is 5.92 Å². The van der Waals surface area contributed by atoms with E-state index in [4.69, 9.17) is 4.74 Å². The number of thiophene rings is 1. The smallest absolute Gasteiger partial charge is 0.213 e. The highest BCUT2D eigenvalue weighted by Crippen LogP contribution is 2.30. The Morgan fingerprint density at radius 3 is 3.14 bits per heavy atom. The second-order valence-corrected chi connectivity index (χ2v) is 6.31. The highest BCUT2D eigenvalue weighted by Gasteiger charge is 2.25. The summed E-state index contributed by atoms with van der Waals surface area (Å²) < 4.78 is 5.78. The van der Waals surface area contributed by atoms with Crippen LogP contribution < -0.4 is 9.64 Å². The number of hydrogen-bond acceptors (Lipinski definition) is 6. The predicted octanol–water partition coefficient (Wildman–Crippen LogP) is 2.99. The van der Waals surface area contributed by atoms with Crippen molar-refractivity contribution < 1.29 is 4.74 Å². The second-order valence-electron chi connectivity index (χ2n) is 5.42. The fourth-order valence-corrected chi connectivity index (χ4v) is 3.55. The molecular weight excluding hydrogens is 296 g/mol. The van der Waals surface area contributed by atoms with Crippen molar-refractivity contribution in [1.82, 2.24) is 15.0 Å². The maximum absolute atomic E-state index is 5.78. The van der Waals surface area contributed by atoms with Gasteiger partial charge in [-0.05, 0) is 23.9 Å². The minimum atomic E-state index is 0.505. The molecule has 0 bridgehead atoms. The molecule has 4 rings (SSSR count). The lowest BCUT2D eigenvalue weighted by Crippen LogP contribution is -2.23. The highest BCUT2D eigenvalue weighted by atomic mass is 32.1. The number of ether oxygens (including phenoxy) is 1. The van der Waals surface area contributed by atoms with Gasteiger partial charge in [0, 0.05) is 31.3 Å². The molecule has 112 valence electrons. The maximum atomic E-state index is 5.78. The Morgan fingerprint density at radius 2 is 2.23 bits per heavy atom. The Balaban J connectivity index is 1.43. The van der Waals surface area contributed by atoms with Crippen molar-refractivity contribution in [1.29, 1.82) is 0 Å². The molecule has 0 N–H and O–H groups in total. The average molecular weight is 312 g/mol. The Labute approximate surface area is 132 Å². The molecule has 5 nitrogen and oxygen atoms in total. The molecule has 0 aromatic carbocycles. The molecule has 0 aliphatic carbocycles. The van der Waals surface area contributed by atoms with Gasteiger partial charge < -0.3 is 9.64 Å². The summed E-state index contributed by atoms with van der Waals surface area (Å²) in [4.78, 5) is 16.4. The first-order chi connectivity index (χ1) is 10.9. The number of aromatic nitrogens is 3. The van der Waals surface area contributed by atoms with Crippen LogP contribution in [-0.2, 0) is 0 Å². The summed E-state index contributed by atoms with van der Waals surface area (Å²) in [5.41, 5.74) is 0. The third-order valence-corrected chi connectivity index (χ3v) is 4.75. The van der Waals surface area contributed by atoms with Crippen molar-refractivity contribution in [3.05, 3.63) is 42.2 Å². The summed E-state index contributed by atoms with van der Waals surface area (Å²) in [5.74, 6) is 2.25. The summed E-state index contributed by atoms with van der Waals surface area (Å²) in [5, 5.41) is 3.22. The fourth-order valence-electron chi connectivity index (χ4n) is 2.83. The van der Waals surface area contributed by atoms with Crippen LogP contribution in [0.3, 0.4) is 0 Å². The quantitative estimate of drug-likeness (QED) is 0.741. The molecule has 0 spiro atoms. The molecule has 4 heterocycles. The van der Waals surface area contributed by atoms with E-state index < -0.39 is 0 Å². The molecule has 1 atom stereocenters. The van der Waals surface area contributed by atoms with E-state index in [2.05, 4.69) is 31.3 Å². The standard InChI is InChI=1S/C16H16N4OS/c1-2-6-17-14(3-1)21-10-12-4-7-20(9-12)15-13-5-8-22-16(13)19-11-18-15/h1-3,5-6,8,11-12H,4,7,9-10H2. The lowest BCUT2D eigenvalue weighted by Gasteiger charge is -2.18. The van der Waals surface area contributed by atoms with Crippen molar-refractivity contribution in [2.45, 2.75) is 6.42 Å². The molecule has 0 saturated carbocycles. The zero-order valence-corrected chi connectivity index (χ0v) is 12.9. The monoisotopic (exact) mass is 312 g/mol. The third kappa shape index (κ3) is 2.62. The van der Waals surface area contributed by atoms with Crippen LogP contribution in [0.4, 0.5) is 5.82 Å². The zero-order chi connectivity index (χ0) is 14.8. The van der Waals surface area contributed by atoms with Gasteiger partial charge in [0.15, 0.2) is 0 Å². The van der Waals surface area contributed by atoms with Crippen LogP contribution in [0.1, 0.15) is 6.42 Å². The SMILES string of the molecule is c1ccc(OCC2CCN(c3ncnc4sccc34)C2)nc1. The van der Waals surface area contributed by atoms with E-state index in [0.717, 1.165) is 35.5 Å². The van der Waals surface area contributed by atoms with Crippen molar-refractivity contribution >= 4 is 27.4 Å². The van der Waals surface area contributed by atoms with E-state index in [1.165, 1.54) is 0 Å². The molecule has 1 aliphatic heterocycles. The molecular formula is C16H16N4OS. The predicted molar refractivity (Wildman–Crippen MR) is 87.5 cm³/mol. The highest BCUT2D eigenvalue weighted by molar-refractivity contribution is 7.16. The normalized spacial score (nSPS) is 18.0. The molecule has 3 aromatic heterocycles. The Bertz CT molecular complexity index is 761. The van der Waals surface area contributed by atoms with Gasteiger partial charge in [0.1, 0.15) is 17.0 Å². The fraction of sp³-hybridized carbons (Fsp3) is 0.312. The van der Waals surface area contributed by atoms with E-state index in [1.807, 2.05) is 18.2 Å². The summed E-state index contributed by atoms with van der Waals surface area (Å²) in [6, 6.07) is 7.84. The number of pyridine rings is 1.